The van der Waals surface area contributed by atoms with E-state index in [0.29, 0.717) is 0 Å². The lowest BCUT2D eigenvalue weighted by atomic mass is 10.3. The maximum absolute atomic E-state index is 13.3. The number of rotatable bonds is 3. The van der Waals surface area contributed by atoms with Gasteiger partial charge in [-0.15, -0.1) is 0 Å². The van der Waals surface area contributed by atoms with Crippen LogP contribution in [0.25, 0.3) is 0 Å². The molecule has 0 spiro atoms. The maximum Gasteiger partial charge on any atom is 0.244 e. The van der Waals surface area contributed by atoms with E-state index < -0.39 is 15.8 Å². The molecule has 4 nitrogen and oxygen atoms in total. The predicted molar refractivity (Wildman–Crippen MR) is 75.7 cm³/mol. The molecule has 0 saturated heterocycles. The van der Waals surface area contributed by atoms with Crippen LogP contribution in [0, 0.1) is 5.82 Å². The molecule has 0 bridgehead atoms. The molecule has 0 unspecified atom stereocenters. The van der Waals surface area contributed by atoms with E-state index in [2.05, 4.69) is 15.9 Å². The fraction of sp³-hybridized carbons (Fsp3) is 0.500. The number of nitrogen functional groups attached to an aromatic ring is 1. The minimum absolute atomic E-state index is 0.0146. The summed E-state index contributed by atoms with van der Waals surface area (Å²) in [5.74, 6) is -0.630. The number of nitrogens with zero attached hydrogens (tertiary/aromatic N) is 1. The molecular formula is C12H16BrFN2O2S. The van der Waals surface area contributed by atoms with Gasteiger partial charge < -0.3 is 5.73 Å². The molecule has 0 atom stereocenters. The fourth-order valence-electron chi connectivity index (χ4n) is 2.36. The van der Waals surface area contributed by atoms with Gasteiger partial charge >= 0.3 is 0 Å². The van der Waals surface area contributed by atoms with Crippen molar-refractivity contribution in [3.05, 3.63) is 22.4 Å². The third-order valence-corrected chi connectivity index (χ3v) is 6.42. The quantitative estimate of drug-likeness (QED) is 0.852. The normalized spacial score (nSPS) is 17.3. The Kier molecular flexibility index (Phi) is 4.17. The molecule has 0 heterocycles. The van der Waals surface area contributed by atoms with E-state index in [-0.39, 0.29) is 21.1 Å². The van der Waals surface area contributed by atoms with Crippen LogP contribution in [0.3, 0.4) is 0 Å². The van der Waals surface area contributed by atoms with Crippen LogP contribution in [0.2, 0.25) is 0 Å². The average molecular weight is 351 g/mol. The van der Waals surface area contributed by atoms with Gasteiger partial charge in [-0.1, -0.05) is 12.8 Å². The topological polar surface area (TPSA) is 63.4 Å². The van der Waals surface area contributed by atoms with Crippen LogP contribution in [0.15, 0.2) is 21.5 Å². The molecule has 2 rings (SSSR count). The number of halogens is 2. The Bertz CT molecular complexity index is 586. The molecular weight excluding hydrogens is 335 g/mol. The minimum atomic E-state index is -3.65. The van der Waals surface area contributed by atoms with Gasteiger partial charge in [-0.25, -0.2) is 12.8 Å². The summed E-state index contributed by atoms with van der Waals surface area (Å²) in [6, 6.07) is 2.27. The molecule has 0 amide bonds. The highest BCUT2D eigenvalue weighted by Gasteiger charge is 2.31. The van der Waals surface area contributed by atoms with Gasteiger partial charge in [0.1, 0.15) is 5.82 Å². The third kappa shape index (κ3) is 2.78. The summed E-state index contributed by atoms with van der Waals surface area (Å²) in [5.41, 5.74) is 5.30. The van der Waals surface area contributed by atoms with E-state index >= 15 is 0 Å². The lowest BCUT2D eigenvalue weighted by Crippen LogP contribution is -2.35. The molecule has 1 saturated carbocycles. The number of hydrogen-bond acceptors (Lipinski definition) is 3. The molecule has 106 valence electrons. The maximum atomic E-state index is 13.3. The van der Waals surface area contributed by atoms with Crippen molar-refractivity contribution in [3.8, 4) is 0 Å². The molecule has 1 fully saturated rings. The van der Waals surface area contributed by atoms with Gasteiger partial charge in [0.05, 0.1) is 10.6 Å². The highest BCUT2D eigenvalue weighted by molar-refractivity contribution is 9.10. The Morgan fingerprint density at radius 3 is 2.53 bits per heavy atom. The zero-order valence-corrected chi connectivity index (χ0v) is 13.0. The van der Waals surface area contributed by atoms with Gasteiger partial charge in [0, 0.05) is 17.6 Å². The fourth-order valence-corrected chi connectivity index (χ4v) is 4.79. The van der Waals surface area contributed by atoms with Crippen LogP contribution < -0.4 is 5.73 Å². The van der Waals surface area contributed by atoms with Crippen LogP contribution in [0.4, 0.5) is 10.1 Å². The van der Waals surface area contributed by atoms with Gasteiger partial charge in [-0.05, 0) is 40.9 Å². The second kappa shape index (κ2) is 5.38. The van der Waals surface area contributed by atoms with E-state index in [1.807, 2.05) is 0 Å². The lowest BCUT2D eigenvalue weighted by Gasteiger charge is -2.24. The van der Waals surface area contributed by atoms with Gasteiger partial charge in [-0.3, -0.25) is 0 Å². The third-order valence-electron chi connectivity index (χ3n) is 3.55. The van der Waals surface area contributed by atoms with E-state index in [9.17, 15) is 12.8 Å². The summed E-state index contributed by atoms with van der Waals surface area (Å²) in [5, 5.41) is 0. The summed E-state index contributed by atoms with van der Waals surface area (Å²) in [6.45, 7) is 0. The first-order valence-corrected chi connectivity index (χ1v) is 8.30. The smallest absolute Gasteiger partial charge is 0.244 e. The highest BCUT2D eigenvalue weighted by Crippen LogP contribution is 2.32. The molecule has 1 aromatic rings. The largest absolute Gasteiger partial charge is 0.396 e. The highest BCUT2D eigenvalue weighted by atomic mass is 79.9. The van der Waals surface area contributed by atoms with E-state index in [1.54, 1.807) is 7.05 Å². The van der Waals surface area contributed by atoms with Gasteiger partial charge in [-0.2, -0.15) is 4.31 Å². The van der Waals surface area contributed by atoms with Crippen LogP contribution in [-0.2, 0) is 10.0 Å². The number of hydrogen-bond donors (Lipinski definition) is 1. The Labute approximate surface area is 121 Å². The molecule has 7 heteroatoms. The summed E-state index contributed by atoms with van der Waals surface area (Å²) in [7, 11) is -2.09. The number of benzene rings is 1. The molecule has 0 radical (unpaired) electrons. The van der Waals surface area contributed by atoms with Gasteiger partial charge in [0.25, 0.3) is 0 Å². The van der Waals surface area contributed by atoms with Crippen molar-refractivity contribution in [3.63, 3.8) is 0 Å². The summed E-state index contributed by atoms with van der Waals surface area (Å²) in [6.07, 6.45) is 3.81. The lowest BCUT2D eigenvalue weighted by molar-refractivity contribution is 0.373. The zero-order valence-electron chi connectivity index (χ0n) is 10.6. The molecule has 1 aromatic carbocycles. The number of sulfonamides is 1. The predicted octanol–water partition coefficient (Wildman–Crippen LogP) is 2.73. The monoisotopic (exact) mass is 350 g/mol. The summed E-state index contributed by atoms with van der Waals surface area (Å²) < 4.78 is 39.9. The first-order chi connectivity index (χ1) is 8.84. The molecule has 1 aliphatic rings. The van der Waals surface area contributed by atoms with Crippen LogP contribution >= 0.6 is 15.9 Å². The molecule has 2 N–H and O–H groups in total. The summed E-state index contributed by atoms with van der Waals surface area (Å²) >= 11 is 3.09. The Balaban J connectivity index is 2.41. The van der Waals surface area contributed by atoms with Gasteiger partial charge in [0.2, 0.25) is 10.0 Å². The van der Waals surface area contributed by atoms with Crippen molar-refractivity contribution in [2.24, 2.45) is 0 Å². The van der Waals surface area contributed by atoms with Crippen LogP contribution in [-0.4, -0.2) is 25.8 Å². The summed E-state index contributed by atoms with van der Waals surface area (Å²) in [4.78, 5) is 0.0146. The zero-order chi connectivity index (χ0) is 14.2. The van der Waals surface area contributed by atoms with Crippen LogP contribution in [0.5, 0.6) is 0 Å². The Hall–Kier alpha value is -0.660. The molecule has 0 aromatic heterocycles. The van der Waals surface area contributed by atoms with E-state index in [4.69, 9.17) is 5.73 Å². The second-order valence-corrected chi connectivity index (χ2v) is 7.58. The molecule has 19 heavy (non-hydrogen) atoms. The SMILES string of the molecule is CN(C1CCCC1)S(=O)(=O)c1cc(N)c(F)cc1Br. The minimum Gasteiger partial charge on any atom is -0.396 e. The van der Waals surface area contributed by atoms with Crippen molar-refractivity contribution >= 4 is 31.6 Å². The van der Waals surface area contributed by atoms with Crippen LogP contribution in [0.1, 0.15) is 25.7 Å². The Morgan fingerprint density at radius 1 is 1.37 bits per heavy atom. The average Bonchev–Trinajstić information content (AvgIpc) is 2.86. The molecule has 0 aliphatic heterocycles. The van der Waals surface area contributed by atoms with Crippen molar-refractivity contribution < 1.29 is 12.8 Å². The number of anilines is 1. The second-order valence-electron chi connectivity index (χ2n) is 4.76. The van der Waals surface area contributed by atoms with Crippen molar-refractivity contribution in [1.29, 1.82) is 0 Å². The standard InChI is InChI=1S/C12H16BrFN2O2S/c1-16(8-4-2-3-5-8)19(17,18)12-7-11(15)10(14)6-9(12)13/h6-8H,2-5,15H2,1H3. The first kappa shape index (κ1) is 14.7. The van der Waals surface area contributed by atoms with E-state index in [1.165, 1.54) is 10.4 Å². The van der Waals surface area contributed by atoms with Gasteiger partial charge in [0.15, 0.2) is 0 Å². The Morgan fingerprint density at radius 2 is 1.95 bits per heavy atom. The van der Waals surface area contributed by atoms with Crippen molar-refractivity contribution in [1.82, 2.24) is 4.31 Å². The van der Waals surface area contributed by atoms with E-state index in [0.717, 1.165) is 31.7 Å². The molecule has 1 aliphatic carbocycles. The van der Waals surface area contributed by atoms with Crippen molar-refractivity contribution in [2.45, 2.75) is 36.6 Å². The number of nitrogens with two attached hydrogens (primary N) is 1. The van der Waals surface area contributed by atoms with Crippen molar-refractivity contribution in [2.75, 3.05) is 12.8 Å². The first-order valence-electron chi connectivity index (χ1n) is 6.06.